The Labute approximate surface area is 115 Å². The maximum atomic E-state index is 12.4. The van der Waals surface area contributed by atoms with Crippen LogP contribution in [0.25, 0.3) is 0 Å². The molecule has 7 heteroatoms. The van der Waals surface area contributed by atoms with Gasteiger partial charge in [0.1, 0.15) is 0 Å². The average molecular weight is 289 g/mol. The van der Waals surface area contributed by atoms with Crippen LogP contribution in [0.3, 0.4) is 0 Å². The molecule has 2 heterocycles. The molecule has 2 N–H and O–H groups in total. The number of sulfonamides is 1. The molecule has 0 saturated carbocycles. The van der Waals surface area contributed by atoms with Crippen LogP contribution in [0, 0.1) is 11.8 Å². The number of likely N-dealkylation sites (tertiary alicyclic amines) is 1. The Morgan fingerprint density at radius 2 is 2.11 bits per heavy atom. The van der Waals surface area contributed by atoms with Gasteiger partial charge in [-0.3, -0.25) is 4.79 Å². The molecule has 2 aliphatic rings. The summed E-state index contributed by atoms with van der Waals surface area (Å²) in [5.41, 5.74) is 0. The van der Waals surface area contributed by atoms with Gasteiger partial charge in [0, 0.05) is 25.7 Å². The second kappa shape index (κ2) is 5.76. The van der Waals surface area contributed by atoms with Gasteiger partial charge in [-0.1, -0.05) is 6.92 Å². The normalized spacial score (nSPS) is 32.5. The van der Waals surface area contributed by atoms with Crippen molar-refractivity contribution in [2.45, 2.75) is 25.8 Å². The minimum Gasteiger partial charge on any atom is -0.341 e. The first-order chi connectivity index (χ1) is 8.87. The number of amides is 1. The van der Waals surface area contributed by atoms with E-state index in [-0.39, 0.29) is 17.9 Å². The average Bonchev–Trinajstić information content (AvgIpc) is 2.72. The summed E-state index contributed by atoms with van der Waals surface area (Å²) in [6, 6.07) is -0.141. The summed E-state index contributed by atoms with van der Waals surface area (Å²) >= 11 is 0. The van der Waals surface area contributed by atoms with Crippen LogP contribution in [0.4, 0.5) is 0 Å². The lowest BCUT2D eigenvalue weighted by molar-refractivity contribution is -0.137. The highest BCUT2D eigenvalue weighted by Gasteiger charge is 2.35. The van der Waals surface area contributed by atoms with Gasteiger partial charge in [0.25, 0.3) is 0 Å². The zero-order valence-corrected chi connectivity index (χ0v) is 12.4. The number of carbonyl (C=O) groups excluding carboxylic acids is 1. The fourth-order valence-corrected chi connectivity index (χ4v) is 3.75. The Morgan fingerprint density at radius 3 is 2.68 bits per heavy atom. The first-order valence-electron chi connectivity index (χ1n) is 6.83. The van der Waals surface area contributed by atoms with Crippen LogP contribution in [0.2, 0.25) is 0 Å². The largest absolute Gasteiger partial charge is 0.341 e. The van der Waals surface area contributed by atoms with Gasteiger partial charge in [-0.2, -0.15) is 0 Å². The van der Waals surface area contributed by atoms with E-state index in [1.807, 2.05) is 4.90 Å². The van der Waals surface area contributed by atoms with Crippen LogP contribution in [0.1, 0.15) is 19.8 Å². The van der Waals surface area contributed by atoms with E-state index < -0.39 is 10.0 Å². The zero-order chi connectivity index (χ0) is 14.0. The van der Waals surface area contributed by atoms with Crippen molar-refractivity contribution in [2.75, 3.05) is 32.4 Å². The van der Waals surface area contributed by atoms with Gasteiger partial charge in [-0.15, -0.1) is 0 Å². The lowest BCUT2D eigenvalue weighted by Gasteiger charge is -2.34. The molecule has 19 heavy (non-hydrogen) atoms. The van der Waals surface area contributed by atoms with Gasteiger partial charge in [0.15, 0.2) is 0 Å². The number of carbonyl (C=O) groups is 1. The first kappa shape index (κ1) is 14.7. The third-order valence-electron chi connectivity index (χ3n) is 3.95. The lowest BCUT2D eigenvalue weighted by atomic mass is 9.95. The first-order valence-corrected chi connectivity index (χ1v) is 8.73. The van der Waals surface area contributed by atoms with E-state index in [2.05, 4.69) is 17.0 Å². The number of hydrogen-bond acceptors (Lipinski definition) is 4. The van der Waals surface area contributed by atoms with Crippen LogP contribution in [0.5, 0.6) is 0 Å². The molecule has 3 atom stereocenters. The highest BCUT2D eigenvalue weighted by molar-refractivity contribution is 7.88. The van der Waals surface area contributed by atoms with Crippen LogP contribution < -0.4 is 10.0 Å². The molecule has 2 fully saturated rings. The topological polar surface area (TPSA) is 78.5 Å². The van der Waals surface area contributed by atoms with Crippen molar-refractivity contribution in [3.05, 3.63) is 0 Å². The second-order valence-corrected chi connectivity index (χ2v) is 7.54. The van der Waals surface area contributed by atoms with Gasteiger partial charge >= 0.3 is 0 Å². The van der Waals surface area contributed by atoms with Crippen LogP contribution in [-0.4, -0.2) is 57.7 Å². The smallest absolute Gasteiger partial charge is 0.227 e. The summed E-state index contributed by atoms with van der Waals surface area (Å²) in [6.45, 7) is 4.94. The molecule has 2 aliphatic heterocycles. The van der Waals surface area contributed by atoms with E-state index in [0.717, 1.165) is 38.7 Å². The van der Waals surface area contributed by atoms with E-state index >= 15 is 0 Å². The van der Waals surface area contributed by atoms with Gasteiger partial charge in [-0.25, -0.2) is 13.1 Å². The summed E-state index contributed by atoms with van der Waals surface area (Å²) < 4.78 is 25.1. The fourth-order valence-electron chi connectivity index (χ4n) is 2.95. The molecule has 0 aromatic heterocycles. The Balaban J connectivity index is 1.95. The number of nitrogens with zero attached hydrogens (tertiary/aromatic N) is 1. The summed E-state index contributed by atoms with van der Waals surface area (Å²) in [5.74, 6) is 0.560. The molecule has 0 aromatic rings. The van der Waals surface area contributed by atoms with Gasteiger partial charge < -0.3 is 10.2 Å². The third kappa shape index (κ3) is 3.90. The van der Waals surface area contributed by atoms with Crippen LogP contribution in [0.15, 0.2) is 0 Å². The van der Waals surface area contributed by atoms with Crippen molar-refractivity contribution in [3.8, 4) is 0 Å². The molecule has 2 rings (SSSR count). The maximum Gasteiger partial charge on any atom is 0.227 e. The van der Waals surface area contributed by atoms with Crippen molar-refractivity contribution in [1.29, 1.82) is 0 Å². The molecule has 3 unspecified atom stereocenters. The molecule has 6 nitrogen and oxygen atoms in total. The van der Waals surface area contributed by atoms with Crippen molar-refractivity contribution >= 4 is 15.9 Å². The Bertz CT molecular complexity index is 438. The summed E-state index contributed by atoms with van der Waals surface area (Å²) in [7, 11) is -3.20. The Hall–Kier alpha value is -0.660. The predicted octanol–water partition coefficient (Wildman–Crippen LogP) is -0.618. The van der Waals surface area contributed by atoms with Crippen molar-refractivity contribution in [1.82, 2.24) is 14.9 Å². The van der Waals surface area contributed by atoms with Gasteiger partial charge in [0.05, 0.1) is 12.2 Å². The van der Waals surface area contributed by atoms with Crippen molar-refractivity contribution in [2.24, 2.45) is 11.8 Å². The Morgan fingerprint density at radius 1 is 1.37 bits per heavy atom. The summed E-state index contributed by atoms with van der Waals surface area (Å²) in [5, 5.41) is 3.23. The van der Waals surface area contributed by atoms with E-state index in [0.29, 0.717) is 12.5 Å². The zero-order valence-electron chi connectivity index (χ0n) is 11.6. The van der Waals surface area contributed by atoms with Gasteiger partial charge in [-0.05, 0) is 25.3 Å². The van der Waals surface area contributed by atoms with E-state index in [4.69, 9.17) is 0 Å². The highest BCUT2D eigenvalue weighted by atomic mass is 32.2. The molecule has 110 valence electrons. The maximum absolute atomic E-state index is 12.4. The van der Waals surface area contributed by atoms with Crippen LogP contribution >= 0.6 is 0 Å². The number of nitrogens with one attached hydrogen (secondary N) is 2. The van der Waals surface area contributed by atoms with E-state index in [1.54, 1.807) is 0 Å². The standard InChI is InChI=1S/C12H23N3O3S/c1-9-6-13-7-11(9)12(16)15-5-3-4-10(8-15)14-19(2,17)18/h9-11,13-14H,3-8H2,1-2H3. The van der Waals surface area contributed by atoms with Crippen LogP contribution in [-0.2, 0) is 14.8 Å². The number of hydrogen-bond donors (Lipinski definition) is 2. The fraction of sp³-hybridized carbons (Fsp3) is 0.917. The van der Waals surface area contributed by atoms with Crippen molar-refractivity contribution in [3.63, 3.8) is 0 Å². The number of rotatable bonds is 3. The quantitative estimate of drug-likeness (QED) is 0.726. The predicted molar refractivity (Wildman–Crippen MR) is 73.1 cm³/mol. The molecule has 0 aliphatic carbocycles. The molecule has 2 saturated heterocycles. The molecule has 0 spiro atoms. The number of piperidine rings is 1. The monoisotopic (exact) mass is 289 g/mol. The Kier molecular flexibility index (Phi) is 4.47. The molecule has 0 aromatic carbocycles. The molecular weight excluding hydrogens is 266 g/mol. The van der Waals surface area contributed by atoms with Gasteiger partial charge in [0.2, 0.25) is 15.9 Å². The summed E-state index contributed by atoms with van der Waals surface area (Å²) in [6.07, 6.45) is 2.82. The molecule has 0 bridgehead atoms. The summed E-state index contributed by atoms with van der Waals surface area (Å²) in [4.78, 5) is 14.3. The molecule has 0 radical (unpaired) electrons. The SMILES string of the molecule is CC1CNCC1C(=O)N1CCCC(NS(C)(=O)=O)C1. The lowest BCUT2D eigenvalue weighted by Crippen LogP contribution is -2.51. The van der Waals surface area contributed by atoms with Crippen molar-refractivity contribution < 1.29 is 13.2 Å². The minimum atomic E-state index is -3.20. The second-order valence-electron chi connectivity index (χ2n) is 5.76. The third-order valence-corrected chi connectivity index (χ3v) is 4.71. The molecule has 1 amide bonds. The molecular formula is C12H23N3O3S. The highest BCUT2D eigenvalue weighted by Crippen LogP contribution is 2.21. The minimum absolute atomic E-state index is 0.0389. The van der Waals surface area contributed by atoms with E-state index in [1.165, 1.54) is 0 Å². The van der Waals surface area contributed by atoms with E-state index in [9.17, 15) is 13.2 Å².